The van der Waals surface area contributed by atoms with Crippen molar-refractivity contribution in [3.63, 3.8) is 0 Å². The standard InChI is InChI=1S/C15H18N2O2/c1-10-6-7-13(18-2)12(9-10)14(16)11-5-4-8-17-15(11)19-3/h4-9,14H,16H2,1-3H3. The monoisotopic (exact) mass is 258 g/mol. The molecule has 100 valence electrons. The molecule has 2 N–H and O–H groups in total. The van der Waals surface area contributed by atoms with Gasteiger partial charge in [0.2, 0.25) is 5.88 Å². The van der Waals surface area contributed by atoms with Gasteiger partial charge in [0.1, 0.15) is 5.75 Å². The molecule has 4 nitrogen and oxygen atoms in total. The number of benzene rings is 1. The highest BCUT2D eigenvalue weighted by Gasteiger charge is 2.18. The maximum absolute atomic E-state index is 6.34. The lowest BCUT2D eigenvalue weighted by atomic mass is 9.98. The predicted octanol–water partition coefficient (Wildman–Crippen LogP) is 2.46. The molecule has 0 bridgehead atoms. The summed E-state index contributed by atoms with van der Waals surface area (Å²) in [6.07, 6.45) is 1.68. The highest BCUT2D eigenvalue weighted by molar-refractivity contribution is 5.45. The first-order chi connectivity index (χ1) is 9.17. The second-order valence-corrected chi connectivity index (χ2v) is 4.32. The first-order valence-electron chi connectivity index (χ1n) is 6.06. The van der Waals surface area contributed by atoms with Crippen molar-refractivity contribution < 1.29 is 9.47 Å². The minimum absolute atomic E-state index is 0.335. The average molecular weight is 258 g/mol. The molecule has 1 heterocycles. The molecule has 1 aromatic carbocycles. The number of aryl methyl sites for hydroxylation is 1. The summed E-state index contributed by atoms with van der Waals surface area (Å²) in [5, 5.41) is 0. The highest BCUT2D eigenvalue weighted by atomic mass is 16.5. The van der Waals surface area contributed by atoms with Gasteiger partial charge in [-0.05, 0) is 19.1 Å². The van der Waals surface area contributed by atoms with Gasteiger partial charge in [-0.25, -0.2) is 4.98 Å². The Morgan fingerprint density at radius 1 is 1.11 bits per heavy atom. The molecule has 2 rings (SSSR count). The number of ether oxygens (including phenoxy) is 2. The Labute approximate surface area is 113 Å². The fraction of sp³-hybridized carbons (Fsp3) is 0.267. The van der Waals surface area contributed by atoms with Gasteiger partial charge in [0, 0.05) is 17.3 Å². The van der Waals surface area contributed by atoms with Crippen molar-refractivity contribution in [2.24, 2.45) is 5.73 Å². The summed E-state index contributed by atoms with van der Waals surface area (Å²) in [5.41, 5.74) is 9.24. The normalized spacial score (nSPS) is 12.0. The number of nitrogens with two attached hydrogens (primary N) is 1. The molecule has 0 fully saturated rings. The first-order valence-corrected chi connectivity index (χ1v) is 6.06. The third-order valence-corrected chi connectivity index (χ3v) is 3.05. The van der Waals surface area contributed by atoms with Crippen molar-refractivity contribution in [2.75, 3.05) is 14.2 Å². The third-order valence-electron chi connectivity index (χ3n) is 3.05. The van der Waals surface area contributed by atoms with E-state index in [1.807, 2.05) is 37.3 Å². The van der Waals surface area contributed by atoms with E-state index in [1.54, 1.807) is 20.4 Å². The van der Waals surface area contributed by atoms with Crippen LogP contribution in [-0.2, 0) is 0 Å². The summed E-state index contributed by atoms with van der Waals surface area (Å²) in [5.74, 6) is 1.31. The fourth-order valence-corrected chi connectivity index (χ4v) is 2.07. The summed E-state index contributed by atoms with van der Waals surface area (Å²) in [6.45, 7) is 2.02. The lowest BCUT2D eigenvalue weighted by Crippen LogP contribution is -2.15. The molecule has 4 heteroatoms. The van der Waals surface area contributed by atoms with Crippen LogP contribution in [0.5, 0.6) is 11.6 Å². The van der Waals surface area contributed by atoms with Gasteiger partial charge in [-0.3, -0.25) is 0 Å². The van der Waals surface area contributed by atoms with Crippen LogP contribution in [0.15, 0.2) is 36.5 Å². The molecule has 0 spiro atoms. The Hall–Kier alpha value is -2.07. The molecule has 2 aromatic rings. The second-order valence-electron chi connectivity index (χ2n) is 4.32. The molecule has 0 amide bonds. The molecule has 1 aromatic heterocycles. The van der Waals surface area contributed by atoms with Gasteiger partial charge in [0.15, 0.2) is 0 Å². The SMILES string of the molecule is COc1ccc(C)cc1C(N)c1cccnc1OC. The number of pyridine rings is 1. The summed E-state index contributed by atoms with van der Waals surface area (Å²) >= 11 is 0. The van der Waals surface area contributed by atoms with Crippen LogP contribution < -0.4 is 15.2 Å². The zero-order valence-corrected chi connectivity index (χ0v) is 11.4. The molecule has 0 aliphatic rings. The summed E-state index contributed by atoms with van der Waals surface area (Å²) in [6, 6.07) is 9.37. The van der Waals surface area contributed by atoms with Gasteiger partial charge < -0.3 is 15.2 Å². The van der Waals surface area contributed by atoms with Crippen molar-refractivity contribution in [3.8, 4) is 11.6 Å². The second kappa shape index (κ2) is 5.71. The molecule has 1 unspecified atom stereocenters. The van der Waals surface area contributed by atoms with E-state index in [0.29, 0.717) is 5.88 Å². The van der Waals surface area contributed by atoms with Crippen LogP contribution in [-0.4, -0.2) is 19.2 Å². The topological polar surface area (TPSA) is 57.4 Å². The molecular formula is C15H18N2O2. The maximum atomic E-state index is 6.34. The van der Waals surface area contributed by atoms with Gasteiger partial charge in [-0.15, -0.1) is 0 Å². The molecule has 0 aliphatic heterocycles. The van der Waals surface area contributed by atoms with Crippen molar-refractivity contribution in [2.45, 2.75) is 13.0 Å². The smallest absolute Gasteiger partial charge is 0.218 e. The molecule has 1 atom stereocenters. The molecular weight excluding hydrogens is 240 g/mol. The van der Waals surface area contributed by atoms with Gasteiger partial charge in [0.25, 0.3) is 0 Å². The van der Waals surface area contributed by atoms with E-state index in [0.717, 1.165) is 22.4 Å². The maximum Gasteiger partial charge on any atom is 0.218 e. The lowest BCUT2D eigenvalue weighted by Gasteiger charge is -2.18. The van der Waals surface area contributed by atoms with Crippen molar-refractivity contribution in [1.82, 2.24) is 4.98 Å². The zero-order chi connectivity index (χ0) is 13.8. The van der Waals surface area contributed by atoms with E-state index in [9.17, 15) is 0 Å². The Morgan fingerprint density at radius 2 is 1.89 bits per heavy atom. The van der Waals surface area contributed by atoms with Crippen LogP contribution in [0.4, 0.5) is 0 Å². The van der Waals surface area contributed by atoms with E-state index in [4.69, 9.17) is 15.2 Å². The van der Waals surface area contributed by atoms with Gasteiger partial charge >= 0.3 is 0 Å². The average Bonchev–Trinajstić information content (AvgIpc) is 2.46. The quantitative estimate of drug-likeness (QED) is 0.915. The summed E-state index contributed by atoms with van der Waals surface area (Å²) < 4.78 is 10.6. The molecule has 0 saturated carbocycles. The van der Waals surface area contributed by atoms with Crippen LogP contribution in [0.3, 0.4) is 0 Å². The van der Waals surface area contributed by atoms with Crippen molar-refractivity contribution >= 4 is 0 Å². The predicted molar refractivity (Wildman–Crippen MR) is 74.6 cm³/mol. The molecule has 0 aliphatic carbocycles. The van der Waals surface area contributed by atoms with E-state index in [-0.39, 0.29) is 6.04 Å². The van der Waals surface area contributed by atoms with Crippen LogP contribution in [0, 0.1) is 6.92 Å². The Kier molecular flexibility index (Phi) is 4.02. The van der Waals surface area contributed by atoms with Gasteiger partial charge in [-0.2, -0.15) is 0 Å². The zero-order valence-electron chi connectivity index (χ0n) is 11.4. The van der Waals surface area contributed by atoms with Gasteiger partial charge in [-0.1, -0.05) is 23.8 Å². The molecule has 0 saturated heterocycles. The summed E-state index contributed by atoms with van der Waals surface area (Å²) in [4.78, 5) is 4.18. The Morgan fingerprint density at radius 3 is 2.58 bits per heavy atom. The number of aromatic nitrogens is 1. The molecule has 0 radical (unpaired) electrons. The Bertz CT molecular complexity index is 570. The number of nitrogens with zero attached hydrogens (tertiary/aromatic N) is 1. The first kappa shape index (κ1) is 13.4. The van der Waals surface area contributed by atoms with E-state index in [2.05, 4.69) is 4.98 Å². The van der Waals surface area contributed by atoms with Gasteiger partial charge in [0.05, 0.1) is 20.3 Å². The van der Waals surface area contributed by atoms with Crippen LogP contribution in [0.2, 0.25) is 0 Å². The number of hydrogen-bond donors (Lipinski definition) is 1. The van der Waals surface area contributed by atoms with E-state index >= 15 is 0 Å². The minimum atomic E-state index is -0.335. The van der Waals surface area contributed by atoms with Crippen molar-refractivity contribution in [3.05, 3.63) is 53.2 Å². The lowest BCUT2D eigenvalue weighted by molar-refractivity contribution is 0.387. The van der Waals surface area contributed by atoms with Crippen LogP contribution >= 0.6 is 0 Å². The summed E-state index contributed by atoms with van der Waals surface area (Å²) in [7, 11) is 3.23. The Balaban J connectivity index is 2.49. The van der Waals surface area contributed by atoms with Crippen LogP contribution in [0.1, 0.15) is 22.7 Å². The molecule has 19 heavy (non-hydrogen) atoms. The minimum Gasteiger partial charge on any atom is -0.496 e. The highest BCUT2D eigenvalue weighted by Crippen LogP contribution is 2.32. The van der Waals surface area contributed by atoms with E-state index in [1.165, 1.54) is 0 Å². The number of hydrogen-bond acceptors (Lipinski definition) is 4. The van der Waals surface area contributed by atoms with E-state index < -0.39 is 0 Å². The van der Waals surface area contributed by atoms with Crippen molar-refractivity contribution in [1.29, 1.82) is 0 Å². The number of rotatable bonds is 4. The fourth-order valence-electron chi connectivity index (χ4n) is 2.07. The third kappa shape index (κ3) is 2.69. The number of methoxy groups -OCH3 is 2. The largest absolute Gasteiger partial charge is 0.496 e. The van der Waals surface area contributed by atoms with Crippen LogP contribution in [0.25, 0.3) is 0 Å².